The number of carbonyl (C=O) groups is 1. The first-order chi connectivity index (χ1) is 11.6. The van der Waals surface area contributed by atoms with Crippen LogP contribution in [0.1, 0.15) is 23.5 Å². The topological polar surface area (TPSA) is 50.2 Å². The number of carbonyl (C=O) groups excluding carboxylic acids is 1. The smallest absolute Gasteiger partial charge is 0.317 e. The van der Waals surface area contributed by atoms with E-state index >= 15 is 0 Å². The second-order valence-electron chi connectivity index (χ2n) is 6.63. The fourth-order valence-corrected chi connectivity index (χ4v) is 3.35. The summed E-state index contributed by atoms with van der Waals surface area (Å²) in [5.41, 5.74) is 2.45. The fourth-order valence-electron chi connectivity index (χ4n) is 3.35. The number of imidazole rings is 1. The third-order valence-electron chi connectivity index (χ3n) is 4.80. The molecule has 1 aromatic heterocycles. The van der Waals surface area contributed by atoms with E-state index in [0.29, 0.717) is 12.5 Å². The molecule has 1 fully saturated rings. The summed E-state index contributed by atoms with van der Waals surface area (Å²) >= 11 is 0. The van der Waals surface area contributed by atoms with E-state index < -0.39 is 0 Å². The highest BCUT2D eigenvalue weighted by Crippen LogP contribution is 2.19. The Morgan fingerprint density at radius 3 is 2.79 bits per heavy atom. The lowest BCUT2D eigenvalue weighted by Crippen LogP contribution is -2.39. The number of benzene rings is 1. The summed E-state index contributed by atoms with van der Waals surface area (Å²) in [7, 11) is 0. The van der Waals surface area contributed by atoms with Gasteiger partial charge in [0.05, 0.1) is 0 Å². The molecule has 0 aliphatic carbocycles. The molecule has 1 N–H and O–H groups in total. The molecule has 1 saturated heterocycles. The molecule has 1 aliphatic heterocycles. The molecule has 128 valence electrons. The summed E-state index contributed by atoms with van der Waals surface area (Å²) in [5, 5.41) is 3.04. The van der Waals surface area contributed by atoms with E-state index in [1.807, 2.05) is 36.2 Å². The Morgan fingerprint density at radius 1 is 1.29 bits per heavy atom. The van der Waals surface area contributed by atoms with Crippen LogP contribution in [0, 0.1) is 19.8 Å². The highest BCUT2D eigenvalue weighted by Gasteiger charge is 2.26. The average molecular weight is 326 g/mol. The van der Waals surface area contributed by atoms with Gasteiger partial charge in [-0.25, -0.2) is 9.78 Å². The second kappa shape index (κ2) is 7.51. The van der Waals surface area contributed by atoms with Crippen LogP contribution < -0.4 is 5.32 Å². The Balaban J connectivity index is 1.44. The predicted molar refractivity (Wildman–Crippen MR) is 94.9 cm³/mol. The first-order valence-corrected chi connectivity index (χ1v) is 8.69. The first kappa shape index (κ1) is 16.6. The van der Waals surface area contributed by atoms with Crippen LogP contribution in [0.15, 0.2) is 36.5 Å². The van der Waals surface area contributed by atoms with Gasteiger partial charge in [0.2, 0.25) is 0 Å². The van der Waals surface area contributed by atoms with Crippen molar-refractivity contribution in [2.45, 2.75) is 33.2 Å². The third-order valence-corrected chi connectivity index (χ3v) is 4.80. The quantitative estimate of drug-likeness (QED) is 0.918. The van der Waals surface area contributed by atoms with Gasteiger partial charge in [-0.2, -0.15) is 0 Å². The van der Waals surface area contributed by atoms with E-state index in [1.54, 1.807) is 0 Å². The minimum absolute atomic E-state index is 0.0625. The normalized spacial score (nSPS) is 17.2. The van der Waals surface area contributed by atoms with Crippen molar-refractivity contribution < 1.29 is 4.79 Å². The second-order valence-corrected chi connectivity index (χ2v) is 6.63. The Hall–Kier alpha value is -2.30. The van der Waals surface area contributed by atoms with Gasteiger partial charge in [0.15, 0.2) is 0 Å². The van der Waals surface area contributed by atoms with Crippen molar-refractivity contribution in [3.63, 3.8) is 0 Å². The molecule has 0 spiro atoms. The van der Waals surface area contributed by atoms with Crippen molar-refractivity contribution in [1.29, 1.82) is 0 Å². The van der Waals surface area contributed by atoms with Crippen molar-refractivity contribution in [3.8, 4) is 0 Å². The van der Waals surface area contributed by atoms with Crippen LogP contribution in [0.4, 0.5) is 4.79 Å². The van der Waals surface area contributed by atoms with Gasteiger partial charge in [-0.15, -0.1) is 0 Å². The third kappa shape index (κ3) is 3.96. The number of hydrogen-bond donors (Lipinski definition) is 1. The Bertz CT molecular complexity index is 660. The average Bonchev–Trinajstić information content (AvgIpc) is 3.18. The number of nitrogens with one attached hydrogen (secondary N) is 1. The molecule has 1 atom stereocenters. The number of rotatable bonds is 5. The van der Waals surface area contributed by atoms with Crippen molar-refractivity contribution >= 4 is 6.03 Å². The molecule has 5 nitrogen and oxygen atoms in total. The van der Waals surface area contributed by atoms with Crippen LogP contribution in [-0.4, -0.2) is 40.1 Å². The number of aromatic nitrogens is 2. The SMILES string of the molecule is Cc1cnc(C)n1CC1CCN(C(=O)NCCc2ccccc2)C1. The Morgan fingerprint density at radius 2 is 2.08 bits per heavy atom. The van der Waals surface area contributed by atoms with Crippen LogP contribution in [0.5, 0.6) is 0 Å². The van der Waals surface area contributed by atoms with E-state index in [9.17, 15) is 4.79 Å². The zero-order chi connectivity index (χ0) is 16.9. The van der Waals surface area contributed by atoms with E-state index in [4.69, 9.17) is 0 Å². The number of amides is 2. The predicted octanol–water partition coefficient (Wildman–Crippen LogP) is 2.77. The molecule has 2 amide bonds. The van der Waals surface area contributed by atoms with Crippen LogP contribution in [-0.2, 0) is 13.0 Å². The highest BCUT2D eigenvalue weighted by atomic mass is 16.2. The minimum atomic E-state index is 0.0625. The highest BCUT2D eigenvalue weighted by molar-refractivity contribution is 5.74. The molecule has 0 radical (unpaired) electrons. The van der Waals surface area contributed by atoms with E-state index in [1.165, 1.54) is 11.3 Å². The van der Waals surface area contributed by atoms with Crippen molar-refractivity contribution in [3.05, 3.63) is 53.6 Å². The number of nitrogens with zero attached hydrogens (tertiary/aromatic N) is 3. The van der Waals surface area contributed by atoms with Gasteiger partial charge < -0.3 is 14.8 Å². The van der Waals surface area contributed by atoms with Crippen molar-refractivity contribution in [1.82, 2.24) is 19.8 Å². The largest absolute Gasteiger partial charge is 0.338 e. The molecular weight excluding hydrogens is 300 g/mol. The summed E-state index contributed by atoms with van der Waals surface area (Å²) in [6, 6.07) is 10.3. The van der Waals surface area contributed by atoms with Crippen LogP contribution in [0.2, 0.25) is 0 Å². The van der Waals surface area contributed by atoms with Crippen LogP contribution >= 0.6 is 0 Å². The summed E-state index contributed by atoms with van der Waals surface area (Å²) < 4.78 is 2.25. The van der Waals surface area contributed by atoms with Crippen molar-refractivity contribution in [2.24, 2.45) is 5.92 Å². The van der Waals surface area contributed by atoms with E-state index in [0.717, 1.165) is 38.3 Å². The number of hydrogen-bond acceptors (Lipinski definition) is 2. The summed E-state index contributed by atoms with van der Waals surface area (Å²) in [4.78, 5) is 18.6. The molecule has 1 aliphatic rings. The molecule has 1 aromatic carbocycles. The zero-order valence-electron chi connectivity index (χ0n) is 14.5. The lowest BCUT2D eigenvalue weighted by molar-refractivity contribution is 0.206. The summed E-state index contributed by atoms with van der Waals surface area (Å²) in [6.07, 6.45) is 3.85. The van der Waals surface area contributed by atoms with Gasteiger partial charge in [0.1, 0.15) is 5.82 Å². The monoisotopic (exact) mass is 326 g/mol. The zero-order valence-corrected chi connectivity index (χ0v) is 14.5. The fraction of sp³-hybridized carbons (Fsp3) is 0.474. The van der Waals surface area contributed by atoms with Crippen LogP contribution in [0.3, 0.4) is 0 Å². The molecule has 0 bridgehead atoms. The van der Waals surface area contributed by atoms with Crippen LogP contribution in [0.25, 0.3) is 0 Å². The molecule has 24 heavy (non-hydrogen) atoms. The Kier molecular flexibility index (Phi) is 5.18. The summed E-state index contributed by atoms with van der Waals surface area (Å²) in [5.74, 6) is 1.56. The summed E-state index contributed by atoms with van der Waals surface area (Å²) in [6.45, 7) is 7.43. The molecule has 2 heterocycles. The molecule has 5 heteroatoms. The number of urea groups is 1. The maximum Gasteiger partial charge on any atom is 0.317 e. The first-order valence-electron chi connectivity index (χ1n) is 8.69. The van der Waals surface area contributed by atoms with Gasteiger partial charge in [-0.05, 0) is 38.2 Å². The lowest BCUT2D eigenvalue weighted by atomic mass is 10.1. The molecule has 3 rings (SSSR count). The molecule has 1 unspecified atom stereocenters. The molecular formula is C19H26N4O. The van der Waals surface area contributed by atoms with E-state index in [2.05, 4.69) is 33.9 Å². The van der Waals surface area contributed by atoms with Gasteiger partial charge in [-0.1, -0.05) is 30.3 Å². The maximum atomic E-state index is 12.3. The maximum absolute atomic E-state index is 12.3. The number of aryl methyl sites for hydroxylation is 2. The molecule has 0 saturated carbocycles. The minimum Gasteiger partial charge on any atom is -0.338 e. The Labute approximate surface area is 143 Å². The standard InChI is InChI=1S/C19H26N4O/c1-15-12-21-16(2)23(15)14-18-9-11-22(13-18)19(24)20-10-8-17-6-4-3-5-7-17/h3-7,12,18H,8-11,13-14H2,1-2H3,(H,20,24). The molecule has 2 aromatic rings. The van der Waals surface area contributed by atoms with Gasteiger partial charge in [0, 0.05) is 38.1 Å². The number of likely N-dealkylation sites (tertiary alicyclic amines) is 1. The van der Waals surface area contributed by atoms with E-state index in [-0.39, 0.29) is 6.03 Å². The lowest BCUT2D eigenvalue weighted by Gasteiger charge is -2.18. The van der Waals surface area contributed by atoms with Gasteiger partial charge in [-0.3, -0.25) is 0 Å². The van der Waals surface area contributed by atoms with Gasteiger partial charge >= 0.3 is 6.03 Å². The van der Waals surface area contributed by atoms with Crippen molar-refractivity contribution in [2.75, 3.05) is 19.6 Å². The van der Waals surface area contributed by atoms with Gasteiger partial charge in [0.25, 0.3) is 0 Å².